The highest BCUT2D eigenvalue weighted by Crippen LogP contribution is 2.13. The summed E-state index contributed by atoms with van der Waals surface area (Å²) in [5.41, 5.74) is 7.78. The Balaban J connectivity index is 0.000000646. The van der Waals surface area contributed by atoms with Gasteiger partial charge in [-0.1, -0.05) is 30.3 Å². The maximum atomic E-state index is 13.5. The van der Waals surface area contributed by atoms with Crippen molar-refractivity contribution in [3.05, 3.63) is 65.5 Å². The van der Waals surface area contributed by atoms with E-state index >= 15 is 0 Å². The molecule has 2 aromatic carbocycles. The average molecular weight is 397 g/mol. The number of rotatable bonds is 7. The molecule has 0 heterocycles. The summed E-state index contributed by atoms with van der Waals surface area (Å²) in [5, 5.41) is 6.22. The second-order valence-electron chi connectivity index (χ2n) is 5.88. The molecule has 0 aliphatic carbocycles. The molecule has 2 rings (SSSR count). The predicted octanol–water partition coefficient (Wildman–Crippen LogP) is 1.91. The Kier molecular flexibility index (Phi) is 8.86. The van der Waals surface area contributed by atoms with Gasteiger partial charge in [-0.3, -0.25) is 9.35 Å². The number of hydrogen-bond acceptors (Lipinski definition) is 5. The van der Waals surface area contributed by atoms with Crippen LogP contribution >= 0.6 is 0 Å². The van der Waals surface area contributed by atoms with E-state index in [-0.39, 0.29) is 17.8 Å². The molecule has 0 aliphatic rings. The van der Waals surface area contributed by atoms with Crippen LogP contribution in [0.5, 0.6) is 0 Å². The smallest absolute Gasteiger partial charge is 0.261 e. The van der Waals surface area contributed by atoms with E-state index < -0.39 is 10.1 Å². The largest absolute Gasteiger partial charge is 0.381 e. The van der Waals surface area contributed by atoms with Gasteiger partial charge in [0.2, 0.25) is 5.91 Å². The van der Waals surface area contributed by atoms with Crippen molar-refractivity contribution < 1.29 is 22.2 Å². The van der Waals surface area contributed by atoms with E-state index in [1.54, 1.807) is 19.1 Å². The first-order valence-corrected chi connectivity index (χ1v) is 9.92. The molecule has 1 atom stereocenters. The van der Waals surface area contributed by atoms with E-state index in [1.807, 2.05) is 30.3 Å². The predicted molar refractivity (Wildman–Crippen MR) is 103 cm³/mol. The Hall–Kier alpha value is -2.49. The zero-order valence-electron chi connectivity index (χ0n) is 15.1. The molecule has 7 nitrogen and oxygen atoms in total. The zero-order chi connectivity index (χ0) is 20.4. The fourth-order valence-electron chi connectivity index (χ4n) is 1.95. The summed E-state index contributed by atoms with van der Waals surface area (Å²) in [6, 6.07) is 14.1. The Morgan fingerprint density at radius 1 is 1.15 bits per heavy atom. The highest BCUT2D eigenvalue weighted by atomic mass is 32.2. The minimum atomic E-state index is -3.67. The fraction of sp³-hybridized carbons (Fsp3) is 0.278. The molecule has 0 unspecified atom stereocenters. The van der Waals surface area contributed by atoms with Crippen LogP contribution in [0.25, 0.3) is 0 Å². The highest BCUT2D eigenvalue weighted by molar-refractivity contribution is 7.85. The summed E-state index contributed by atoms with van der Waals surface area (Å²) in [6.07, 6.45) is 0.715. The van der Waals surface area contributed by atoms with Crippen LogP contribution in [0.2, 0.25) is 0 Å². The third-order valence-corrected chi connectivity index (χ3v) is 3.43. The molecule has 0 aliphatic heterocycles. The highest BCUT2D eigenvalue weighted by Gasteiger charge is 2.07. The van der Waals surface area contributed by atoms with Gasteiger partial charge in [0, 0.05) is 24.3 Å². The Morgan fingerprint density at radius 2 is 1.70 bits per heavy atom. The van der Waals surface area contributed by atoms with Gasteiger partial charge in [0.15, 0.2) is 0 Å². The van der Waals surface area contributed by atoms with Crippen molar-refractivity contribution in [2.24, 2.45) is 5.73 Å². The lowest BCUT2D eigenvalue weighted by Gasteiger charge is -2.11. The molecule has 0 spiro atoms. The van der Waals surface area contributed by atoms with Crippen LogP contribution in [-0.4, -0.2) is 31.2 Å². The summed E-state index contributed by atoms with van der Waals surface area (Å²) >= 11 is 0. The summed E-state index contributed by atoms with van der Waals surface area (Å²) in [5.74, 6) is -0.584. The van der Waals surface area contributed by atoms with Crippen LogP contribution in [0.1, 0.15) is 18.1 Å². The summed E-state index contributed by atoms with van der Waals surface area (Å²) in [7, 11) is -3.67. The second kappa shape index (κ2) is 10.6. The third kappa shape index (κ3) is 10.3. The van der Waals surface area contributed by atoms with Crippen molar-refractivity contribution in [2.75, 3.05) is 11.6 Å². The number of anilines is 1. The molecule has 0 saturated carbocycles. The van der Waals surface area contributed by atoms with Crippen molar-refractivity contribution in [2.45, 2.75) is 26.1 Å². The van der Waals surface area contributed by atoms with Crippen LogP contribution in [0.3, 0.4) is 0 Å². The Bertz CT molecular complexity index is 834. The molecule has 0 radical (unpaired) electrons. The van der Waals surface area contributed by atoms with E-state index in [0.717, 1.165) is 11.3 Å². The summed E-state index contributed by atoms with van der Waals surface area (Å²) < 4.78 is 39.4. The lowest BCUT2D eigenvalue weighted by Crippen LogP contribution is -2.38. The van der Waals surface area contributed by atoms with Crippen LogP contribution in [0.15, 0.2) is 48.5 Å². The average Bonchev–Trinajstić information content (AvgIpc) is 2.58. The maximum Gasteiger partial charge on any atom is 0.261 e. The summed E-state index contributed by atoms with van der Waals surface area (Å²) in [4.78, 5) is 10.9. The number of carbonyl (C=O) groups excluding carboxylic acids is 1. The van der Waals surface area contributed by atoms with Crippen LogP contribution in [0.4, 0.5) is 10.1 Å². The second-order valence-corrected chi connectivity index (χ2v) is 7.35. The maximum absolute atomic E-state index is 13.5. The SMILES string of the molecule is CS(=O)(=O)O.C[C@H](NCc1ccc(NCc2ccccc2F)cc1)C(N)=O. The lowest BCUT2D eigenvalue weighted by atomic mass is 10.1. The fourth-order valence-corrected chi connectivity index (χ4v) is 1.95. The Labute approximate surface area is 158 Å². The number of halogens is 1. The molecule has 1 amide bonds. The first-order chi connectivity index (χ1) is 12.6. The van der Waals surface area contributed by atoms with E-state index in [0.29, 0.717) is 24.9 Å². The molecule has 5 N–H and O–H groups in total. The first-order valence-electron chi connectivity index (χ1n) is 8.07. The van der Waals surface area contributed by atoms with Crippen molar-refractivity contribution >= 4 is 21.7 Å². The van der Waals surface area contributed by atoms with Gasteiger partial charge in [0.05, 0.1) is 12.3 Å². The number of hydrogen-bond donors (Lipinski definition) is 4. The van der Waals surface area contributed by atoms with Crippen molar-refractivity contribution in [3.8, 4) is 0 Å². The molecule has 0 bridgehead atoms. The minimum Gasteiger partial charge on any atom is -0.381 e. The van der Waals surface area contributed by atoms with E-state index in [1.165, 1.54) is 6.07 Å². The Morgan fingerprint density at radius 3 is 2.22 bits per heavy atom. The van der Waals surface area contributed by atoms with Crippen molar-refractivity contribution in [1.82, 2.24) is 5.32 Å². The van der Waals surface area contributed by atoms with Crippen LogP contribution in [-0.2, 0) is 28.0 Å². The van der Waals surface area contributed by atoms with Crippen LogP contribution < -0.4 is 16.4 Å². The van der Waals surface area contributed by atoms with E-state index in [2.05, 4.69) is 10.6 Å². The number of amides is 1. The van der Waals surface area contributed by atoms with Crippen LogP contribution in [0, 0.1) is 5.82 Å². The molecule has 27 heavy (non-hydrogen) atoms. The molecule has 148 valence electrons. The van der Waals surface area contributed by atoms with Gasteiger partial charge in [-0.25, -0.2) is 4.39 Å². The quantitative estimate of drug-likeness (QED) is 0.530. The minimum absolute atomic E-state index is 0.212. The van der Waals surface area contributed by atoms with Crippen molar-refractivity contribution in [1.29, 1.82) is 0 Å². The van der Waals surface area contributed by atoms with Gasteiger partial charge in [0.1, 0.15) is 5.82 Å². The summed E-state index contributed by atoms with van der Waals surface area (Å²) in [6.45, 7) is 2.73. The van der Waals surface area contributed by atoms with Crippen molar-refractivity contribution in [3.63, 3.8) is 0 Å². The molecular formula is C18H24FN3O4S. The van der Waals surface area contributed by atoms with Gasteiger partial charge < -0.3 is 16.4 Å². The molecule has 9 heteroatoms. The standard InChI is InChI=1S/C17H20FN3O.CH4O3S/c1-12(17(19)22)20-10-13-6-8-15(9-7-13)21-11-14-4-2-3-5-16(14)18;1-5(2,3)4/h2-9,12,20-21H,10-11H2,1H3,(H2,19,22);1H3,(H,2,3,4)/t12-;/m0./s1. The monoisotopic (exact) mass is 397 g/mol. The van der Waals surface area contributed by atoms with Gasteiger partial charge in [-0.2, -0.15) is 8.42 Å². The molecule has 2 aromatic rings. The topological polar surface area (TPSA) is 122 Å². The van der Waals surface area contributed by atoms with Gasteiger partial charge in [-0.15, -0.1) is 0 Å². The number of carbonyl (C=O) groups is 1. The first kappa shape index (κ1) is 22.6. The molecule has 0 aromatic heterocycles. The van der Waals surface area contributed by atoms with Gasteiger partial charge in [-0.05, 0) is 30.7 Å². The third-order valence-electron chi connectivity index (χ3n) is 3.43. The number of primary amides is 1. The van der Waals surface area contributed by atoms with Gasteiger partial charge >= 0.3 is 0 Å². The lowest BCUT2D eigenvalue weighted by molar-refractivity contribution is -0.119. The molecule has 0 fully saturated rings. The molecular weight excluding hydrogens is 373 g/mol. The number of nitrogens with one attached hydrogen (secondary N) is 2. The normalized spacial score (nSPS) is 11.9. The number of nitrogens with two attached hydrogens (primary N) is 1. The number of benzene rings is 2. The molecule has 0 saturated heterocycles. The van der Waals surface area contributed by atoms with E-state index in [9.17, 15) is 17.6 Å². The zero-order valence-corrected chi connectivity index (χ0v) is 16.0. The van der Waals surface area contributed by atoms with E-state index in [4.69, 9.17) is 10.3 Å². The van der Waals surface area contributed by atoms with Gasteiger partial charge in [0.25, 0.3) is 10.1 Å².